The molecule has 0 radical (unpaired) electrons. The van der Waals surface area contributed by atoms with E-state index in [2.05, 4.69) is 10.6 Å². The van der Waals surface area contributed by atoms with Crippen LogP contribution in [0.4, 0.5) is 11.4 Å². The van der Waals surface area contributed by atoms with Crippen molar-refractivity contribution in [2.45, 2.75) is 13.0 Å². The van der Waals surface area contributed by atoms with Crippen LogP contribution in [0.15, 0.2) is 24.3 Å². The van der Waals surface area contributed by atoms with Gasteiger partial charge >= 0.3 is 0 Å². The summed E-state index contributed by atoms with van der Waals surface area (Å²) in [5.74, 6) is -0.415. The summed E-state index contributed by atoms with van der Waals surface area (Å²) < 4.78 is 0. The normalized spacial score (nSPS) is 16.9. The Bertz CT molecular complexity index is 575. The van der Waals surface area contributed by atoms with E-state index in [9.17, 15) is 19.7 Å². The Balaban J connectivity index is 2.01. The summed E-state index contributed by atoms with van der Waals surface area (Å²) in [5.41, 5.74) is 0.278. The van der Waals surface area contributed by atoms with Crippen molar-refractivity contribution in [3.05, 3.63) is 34.4 Å². The summed E-state index contributed by atoms with van der Waals surface area (Å²) in [4.78, 5) is 35.4. The van der Waals surface area contributed by atoms with Gasteiger partial charge in [-0.3, -0.25) is 24.6 Å². The summed E-state index contributed by atoms with van der Waals surface area (Å²) >= 11 is 0. The molecule has 0 unspecified atom stereocenters. The molecule has 21 heavy (non-hydrogen) atoms. The van der Waals surface area contributed by atoms with Gasteiger partial charge in [-0.05, 0) is 13.0 Å². The van der Waals surface area contributed by atoms with Crippen LogP contribution in [0.25, 0.3) is 0 Å². The first-order valence-electron chi connectivity index (χ1n) is 6.53. The lowest BCUT2D eigenvalue weighted by molar-refractivity contribution is -0.384. The molecule has 2 rings (SSSR count). The highest BCUT2D eigenvalue weighted by Gasteiger charge is 2.26. The zero-order chi connectivity index (χ0) is 15.4. The molecule has 1 aliphatic heterocycles. The van der Waals surface area contributed by atoms with Gasteiger partial charge < -0.3 is 10.6 Å². The third kappa shape index (κ3) is 3.76. The number of carbonyl (C=O) groups excluding carboxylic acids is 2. The van der Waals surface area contributed by atoms with Gasteiger partial charge in [-0.2, -0.15) is 0 Å². The van der Waals surface area contributed by atoms with Crippen LogP contribution in [0.1, 0.15) is 6.92 Å². The highest BCUT2D eigenvalue weighted by atomic mass is 16.6. The lowest BCUT2D eigenvalue weighted by atomic mass is 10.2. The third-order valence-electron chi connectivity index (χ3n) is 3.32. The van der Waals surface area contributed by atoms with Gasteiger partial charge in [-0.1, -0.05) is 6.07 Å². The van der Waals surface area contributed by atoms with Crippen molar-refractivity contribution in [1.29, 1.82) is 0 Å². The fourth-order valence-corrected chi connectivity index (χ4v) is 2.10. The van der Waals surface area contributed by atoms with Gasteiger partial charge in [-0.25, -0.2) is 0 Å². The van der Waals surface area contributed by atoms with Crippen molar-refractivity contribution in [3.63, 3.8) is 0 Å². The number of nitro benzene ring substituents is 1. The van der Waals surface area contributed by atoms with Crippen molar-refractivity contribution in [3.8, 4) is 0 Å². The molecule has 1 heterocycles. The number of nitrogens with zero attached hydrogens (tertiary/aromatic N) is 2. The van der Waals surface area contributed by atoms with Crippen molar-refractivity contribution >= 4 is 23.2 Å². The van der Waals surface area contributed by atoms with Gasteiger partial charge in [-0.15, -0.1) is 0 Å². The first-order valence-corrected chi connectivity index (χ1v) is 6.53. The van der Waals surface area contributed by atoms with Crippen LogP contribution in [0, 0.1) is 10.1 Å². The molecule has 8 heteroatoms. The van der Waals surface area contributed by atoms with Gasteiger partial charge in [0.05, 0.1) is 17.5 Å². The van der Waals surface area contributed by atoms with Crippen LogP contribution in [0.5, 0.6) is 0 Å². The second kappa shape index (κ2) is 6.31. The molecule has 8 nitrogen and oxygen atoms in total. The fourth-order valence-electron chi connectivity index (χ4n) is 2.10. The van der Waals surface area contributed by atoms with Crippen LogP contribution in [-0.4, -0.2) is 47.3 Å². The van der Waals surface area contributed by atoms with E-state index in [1.54, 1.807) is 17.9 Å². The zero-order valence-corrected chi connectivity index (χ0v) is 11.5. The van der Waals surface area contributed by atoms with E-state index < -0.39 is 11.0 Å². The predicted octanol–water partition coefficient (Wildman–Crippen LogP) is 0.354. The van der Waals surface area contributed by atoms with E-state index in [-0.39, 0.29) is 24.0 Å². The molecule has 0 saturated carbocycles. The largest absolute Gasteiger partial charge is 0.354 e. The molecule has 0 aromatic heterocycles. The number of carbonyl (C=O) groups is 2. The molecule has 2 N–H and O–H groups in total. The Morgan fingerprint density at radius 3 is 2.95 bits per heavy atom. The molecule has 1 saturated heterocycles. The van der Waals surface area contributed by atoms with Crippen LogP contribution < -0.4 is 10.6 Å². The summed E-state index contributed by atoms with van der Waals surface area (Å²) in [6.45, 7) is 2.97. The van der Waals surface area contributed by atoms with Crippen LogP contribution in [-0.2, 0) is 9.59 Å². The monoisotopic (exact) mass is 292 g/mol. The fraction of sp³-hybridized carbons (Fsp3) is 0.385. The van der Waals surface area contributed by atoms with Gasteiger partial charge in [0.1, 0.15) is 0 Å². The number of amides is 2. The Morgan fingerprint density at radius 2 is 2.29 bits per heavy atom. The Morgan fingerprint density at radius 1 is 1.52 bits per heavy atom. The Kier molecular flexibility index (Phi) is 4.49. The number of nitro groups is 1. The average molecular weight is 292 g/mol. The molecule has 0 aliphatic carbocycles. The highest BCUT2D eigenvalue weighted by Crippen LogP contribution is 2.17. The second-order valence-electron chi connectivity index (χ2n) is 4.79. The average Bonchev–Trinajstić information content (AvgIpc) is 2.46. The predicted molar refractivity (Wildman–Crippen MR) is 75.8 cm³/mol. The smallest absolute Gasteiger partial charge is 0.271 e. The van der Waals surface area contributed by atoms with E-state index >= 15 is 0 Å². The van der Waals surface area contributed by atoms with Gasteiger partial charge in [0, 0.05) is 30.9 Å². The minimum atomic E-state index is -0.520. The number of rotatable bonds is 4. The molecule has 0 spiro atoms. The number of hydrogen-bond donors (Lipinski definition) is 2. The van der Waals surface area contributed by atoms with Crippen molar-refractivity contribution in [2.75, 3.05) is 25.0 Å². The van der Waals surface area contributed by atoms with Gasteiger partial charge in [0.25, 0.3) is 5.69 Å². The summed E-state index contributed by atoms with van der Waals surface area (Å²) in [6.07, 6.45) is 0. The molecular formula is C13H16N4O4. The van der Waals surface area contributed by atoms with Crippen LogP contribution in [0.3, 0.4) is 0 Å². The first-order chi connectivity index (χ1) is 9.97. The number of anilines is 1. The Labute approximate surface area is 121 Å². The molecule has 1 aliphatic rings. The summed E-state index contributed by atoms with van der Waals surface area (Å²) in [7, 11) is 0. The highest BCUT2D eigenvalue weighted by molar-refractivity contribution is 5.95. The van der Waals surface area contributed by atoms with Crippen LogP contribution >= 0.6 is 0 Å². The number of nitrogens with one attached hydrogen (secondary N) is 2. The molecule has 1 atom stereocenters. The summed E-state index contributed by atoms with van der Waals surface area (Å²) in [5, 5.41) is 16.0. The number of hydrogen-bond acceptors (Lipinski definition) is 5. The SMILES string of the molecule is C[C@@H](C(=O)Nc1cccc([N+](=O)[O-])c1)N1CCNC(=O)C1. The van der Waals surface area contributed by atoms with E-state index in [0.717, 1.165) is 0 Å². The molecule has 0 bridgehead atoms. The molecular weight excluding hydrogens is 276 g/mol. The molecule has 1 aromatic rings. The molecule has 1 fully saturated rings. The van der Waals surface area contributed by atoms with E-state index in [4.69, 9.17) is 0 Å². The van der Waals surface area contributed by atoms with E-state index in [0.29, 0.717) is 18.8 Å². The maximum absolute atomic E-state index is 12.1. The standard InChI is InChI=1S/C13H16N4O4/c1-9(16-6-5-14-12(18)8-16)13(19)15-10-3-2-4-11(7-10)17(20)21/h2-4,7,9H,5-6,8H2,1H3,(H,14,18)(H,15,19)/t9-/m0/s1. The number of benzene rings is 1. The quantitative estimate of drug-likeness (QED) is 0.615. The minimum Gasteiger partial charge on any atom is -0.354 e. The molecule has 112 valence electrons. The van der Waals surface area contributed by atoms with Crippen molar-refractivity contribution in [1.82, 2.24) is 10.2 Å². The van der Waals surface area contributed by atoms with E-state index in [1.807, 2.05) is 0 Å². The number of non-ortho nitro benzene ring substituents is 1. The maximum Gasteiger partial charge on any atom is 0.271 e. The van der Waals surface area contributed by atoms with Crippen molar-refractivity contribution < 1.29 is 14.5 Å². The first kappa shape index (κ1) is 14.9. The second-order valence-corrected chi connectivity index (χ2v) is 4.79. The number of piperazine rings is 1. The van der Waals surface area contributed by atoms with Crippen molar-refractivity contribution in [2.24, 2.45) is 0 Å². The van der Waals surface area contributed by atoms with Crippen LogP contribution in [0.2, 0.25) is 0 Å². The lowest BCUT2D eigenvalue weighted by Crippen LogP contribution is -2.53. The lowest BCUT2D eigenvalue weighted by Gasteiger charge is -2.31. The van der Waals surface area contributed by atoms with E-state index in [1.165, 1.54) is 18.2 Å². The van der Waals surface area contributed by atoms with Gasteiger partial charge in [0.2, 0.25) is 11.8 Å². The van der Waals surface area contributed by atoms with Gasteiger partial charge in [0.15, 0.2) is 0 Å². The Hall–Kier alpha value is -2.48. The third-order valence-corrected chi connectivity index (χ3v) is 3.32. The molecule has 1 aromatic carbocycles. The topological polar surface area (TPSA) is 105 Å². The summed E-state index contributed by atoms with van der Waals surface area (Å²) in [6, 6.07) is 5.25. The minimum absolute atomic E-state index is 0.0854. The molecule has 2 amide bonds. The zero-order valence-electron chi connectivity index (χ0n) is 11.5. The maximum atomic E-state index is 12.1.